The molecule has 3 nitrogen and oxygen atoms in total. The Morgan fingerprint density at radius 3 is 2.29 bits per heavy atom. The van der Waals surface area contributed by atoms with Gasteiger partial charge in [0.05, 0.1) is 0 Å². The zero-order valence-corrected chi connectivity index (χ0v) is 12.1. The number of halogens is 3. The molecule has 112 valence electrons. The monoisotopic (exact) mass is 296 g/mol. The minimum Gasteiger partial charge on any atom is -0.338 e. The number of aromatic nitrogens is 2. The van der Waals surface area contributed by atoms with E-state index in [1.807, 2.05) is 0 Å². The fourth-order valence-corrected chi connectivity index (χ4v) is 2.38. The zero-order chi connectivity index (χ0) is 15.9. The molecular weight excluding hydrogens is 281 g/mol. The van der Waals surface area contributed by atoms with Gasteiger partial charge in [0, 0.05) is 11.1 Å². The Balaban J connectivity index is 2.73. The van der Waals surface area contributed by atoms with E-state index in [9.17, 15) is 18.0 Å². The number of rotatable bonds is 2. The molecule has 0 amide bonds. The van der Waals surface area contributed by atoms with Crippen LogP contribution < -0.4 is 0 Å². The van der Waals surface area contributed by atoms with Crippen molar-refractivity contribution in [1.29, 1.82) is 0 Å². The molecule has 0 radical (unpaired) electrons. The summed E-state index contributed by atoms with van der Waals surface area (Å²) in [6.07, 6.45) is -4.52. The minimum absolute atomic E-state index is 0.167. The third-order valence-corrected chi connectivity index (χ3v) is 3.31. The number of aryl methyl sites for hydroxylation is 3. The zero-order valence-electron chi connectivity index (χ0n) is 12.1. The second-order valence-corrected chi connectivity index (χ2v) is 5.08. The van der Waals surface area contributed by atoms with Gasteiger partial charge in [0.25, 0.3) is 0 Å². The fourth-order valence-electron chi connectivity index (χ4n) is 2.38. The van der Waals surface area contributed by atoms with Crippen LogP contribution >= 0.6 is 0 Å². The molecule has 1 N–H and O–H groups in total. The van der Waals surface area contributed by atoms with Crippen molar-refractivity contribution >= 4 is 5.78 Å². The maximum Gasteiger partial charge on any atom is 0.433 e. The average molecular weight is 296 g/mol. The van der Waals surface area contributed by atoms with E-state index in [-0.39, 0.29) is 17.3 Å². The first-order chi connectivity index (χ1) is 9.61. The Labute approximate surface area is 120 Å². The predicted molar refractivity (Wildman–Crippen MR) is 73.2 cm³/mol. The summed E-state index contributed by atoms with van der Waals surface area (Å²) in [6, 6.07) is 3.19. The number of imidazole rings is 1. The highest BCUT2D eigenvalue weighted by Crippen LogP contribution is 2.37. The van der Waals surface area contributed by atoms with Gasteiger partial charge in [0.15, 0.2) is 5.78 Å². The number of hydrogen-bond acceptors (Lipinski definition) is 2. The van der Waals surface area contributed by atoms with Crippen LogP contribution in [0, 0.1) is 20.8 Å². The molecule has 0 unspecified atom stereocenters. The summed E-state index contributed by atoms with van der Waals surface area (Å²) in [7, 11) is 0. The molecule has 21 heavy (non-hydrogen) atoms. The van der Waals surface area contributed by atoms with Crippen molar-refractivity contribution in [1.82, 2.24) is 9.97 Å². The summed E-state index contributed by atoms with van der Waals surface area (Å²) >= 11 is 0. The minimum atomic E-state index is -4.52. The number of hydrogen-bond donors (Lipinski definition) is 1. The molecule has 0 aliphatic heterocycles. The number of carbonyl (C=O) groups excluding carboxylic acids is 1. The summed E-state index contributed by atoms with van der Waals surface area (Å²) in [5.74, 6) is -0.00348. The van der Waals surface area contributed by atoms with Crippen LogP contribution in [0.3, 0.4) is 0 Å². The van der Waals surface area contributed by atoms with Gasteiger partial charge in [-0.15, -0.1) is 0 Å². The van der Waals surface area contributed by atoms with E-state index in [0.29, 0.717) is 16.7 Å². The molecule has 6 heteroatoms. The van der Waals surface area contributed by atoms with Crippen molar-refractivity contribution in [2.45, 2.75) is 33.9 Å². The Bertz CT molecular complexity index is 714. The van der Waals surface area contributed by atoms with Gasteiger partial charge in [-0.05, 0) is 44.9 Å². The van der Waals surface area contributed by atoms with Crippen LogP contribution in [0.4, 0.5) is 13.2 Å². The van der Waals surface area contributed by atoms with Crippen molar-refractivity contribution in [3.05, 3.63) is 40.3 Å². The Morgan fingerprint density at radius 2 is 1.76 bits per heavy atom. The first kappa shape index (κ1) is 15.3. The molecule has 0 spiro atoms. The van der Waals surface area contributed by atoms with Crippen molar-refractivity contribution in [3.63, 3.8) is 0 Å². The number of benzene rings is 1. The molecule has 1 aromatic carbocycles. The van der Waals surface area contributed by atoms with Gasteiger partial charge >= 0.3 is 6.18 Å². The smallest absolute Gasteiger partial charge is 0.338 e. The fraction of sp³-hybridized carbons (Fsp3) is 0.333. The molecule has 0 atom stereocenters. The maximum atomic E-state index is 13.1. The highest BCUT2D eigenvalue weighted by molar-refractivity contribution is 5.97. The number of carbonyl (C=O) groups is 1. The molecular formula is C15H15F3N2O. The van der Waals surface area contributed by atoms with Crippen molar-refractivity contribution in [2.75, 3.05) is 0 Å². The van der Waals surface area contributed by atoms with Gasteiger partial charge in [-0.25, -0.2) is 4.98 Å². The van der Waals surface area contributed by atoms with Gasteiger partial charge in [-0.2, -0.15) is 13.2 Å². The molecule has 2 aromatic rings. The number of aromatic amines is 1. The van der Waals surface area contributed by atoms with E-state index < -0.39 is 11.9 Å². The van der Waals surface area contributed by atoms with Crippen LogP contribution in [0.25, 0.3) is 11.3 Å². The number of nitrogens with one attached hydrogen (secondary N) is 1. The van der Waals surface area contributed by atoms with Crippen molar-refractivity contribution in [3.8, 4) is 11.3 Å². The summed E-state index contributed by atoms with van der Waals surface area (Å²) in [6.45, 7) is 6.32. The lowest BCUT2D eigenvalue weighted by Gasteiger charge is -2.12. The van der Waals surface area contributed by atoms with Crippen LogP contribution in [0.1, 0.15) is 39.9 Å². The van der Waals surface area contributed by atoms with E-state index in [4.69, 9.17) is 0 Å². The third-order valence-electron chi connectivity index (χ3n) is 3.31. The standard InChI is InChI=1S/C15H15F3N2O/c1-7-5-8(2)12(6-11(7)9(3)21)13-14(15(16,17)18)20-10(4)19-13/h5-6H,1-4H3,(H,19,20). The molecule has 0 aliphatic rings. The van der Waals surface area contributed by atoms with E-state index in [1.54, 1.807) is 19.9 Å². The van der Waals surface area contributed by atoms with E-state index in [2.05, 4.69) is 9.97 Å². The topological polar surface area (TPSA) is 45.8 Å². The van der Waals surface area contributed by atoms with E-state index in [0.717, 1.165) is 5.56 Å². The number of alkyl halides is 3. The van der Waals surface area contributed by atoms with Gasteiger partial charge in [0.2, 0.25) is 0 Å². The molecule has 0 fully saturated rings. The number of nitrogens with zero attached hydrogens (tertiary/aromatic N) is 1. The second kappa shape index (κ2) is 5.02. The molecule has 0 aliphatic carbocycles. The number of Topliss-reactive ketones (excluding diaryl/α,β-unsaturated/α-hetero) is 1. The first-order valence-corrected chi connectivity index (χ1v) is 6.37. The summed E-state index contributed by atoms with van der Waals surface area (Å²) in [5.41, 5.74) is 1.06. The molecule has 1 heterocycles. The van der Waals surface area contributed by atoms with Gasteiger partial charge in [-0.3, -0.25) is 4.79 Å². The van der Waals surface area contributed by atoms with E-state index >= 15 is 0 Å². The number of H-pyrrole nitrogens is 1. The van der Waals surface area contributed by atoms with Crippen molar-refractivity contribution in [2.24, 2.45) is 0 Å². The molecule has 0 bridgehead atoms. The van der Waals surface area contributed by atoms with Crippen molar-refractivity contribution < 1.29 is 18.0 Å². The number of ketones is 1. The summed E-state index contributed by atoms with van der Waals surface area (Å²) in [5, 5.41) is 0. The average Bonchev–Trinajstić information content (AvgIpc) is 2.70. The second-order valence-electron chi connectivity index (χ2n) is 5.08. The first-order valence-electron chi connectivity index (χ1n) is 6.37. The highest BCUT2D eigenvalue weighted by atomic mass is 19.4. The Hall–Kier alpha value is -2.11. The van der Waals surface area contributed by atoms with Gasteiger partial charge in [0.1, 0.15) is 17.2 Å². The lowest BCUT2D eigenvalue weighted by atomic mass is 9.95. The van der Waals surface area contributed by atoms with Crippen LogP contribution in [0.2, 0.25) is 0 Å². The van der Waals surface area contributed by atoms with E-state index in [1.165, 1.54) is 19.9 Å². The lowest BCUT2D eigenvalue weighted by molar-refractivity contribution is -0.140. The summed E-state index contributed by atoms with van der Waals surface area (Å²) in [4.78, 5) is 17.8. The van der Waals surface area contributed by atoms with Crippen LogP contribution in [0.5, 0.6) is 0 Å². The SMILES string of the molecule is CC(=O)c1cc(-c2nc(C)[nH]c2C(F)(F)F)c(C)cc1C. The largest absolute Gasteiger partial charge is 0.433 e. The molecule has 1 aromatic heterocycles. The quantitative estimate of drug-likeness (QED) is 0.843. The third kappa shape index (κ3) is 2.84. The molecule has 0 saturated heterocycles. The predicted octanol–water partition coefficient (Wildman–Crippen LogP) is 4.22. The van der Waals surface area contributed by atoms with Crippen LogP contribution in [-0.2, 0) is 6.18 Å². The summed E-state index contributed by atoms with van der Waals surface area (Å²) < 4.78 is 39.2. The van der Waals surface area contributed by atoms with Gasteiger partial charge in [-0.1, -0.05) is 6.07 Å². The van der Waals surface area contributed by atoms with Crippen LogP contribution in [-0.4, -0.2) is 15.8 Å². The molecule has 2 rings (SSSR count). The highest BCUT2D eigenvalue weighted by Gasteiger charge is 2.37. The Kier molecular flexibility index (Phi) is 3.65. The lowest BCUT2D eigenvalue weighted by Crippen LogP contribution is -2.08. The van der Waals surface area contributed by atoms with Gasteiger partial charge < -0.3 is 4.98 Å². The normalized spacial score (nSPS) is 11.8. The molecule has 0 saturated carbocycles. The Morgan fingerprint density at radius 1 is 1.14 bits per heavy atom. The van der Waals surface area contributed by atoms with Crippen LogP contribution in [0.15, 0.2) is 12.1 Å². The maximum absolute atomic E-state index is 13.1.